The van der Waals surface area contributed by atoms with Crippen molar-refractivity contribution in [2.45, 2.75) is 50.5 Å². The molecule has 1 aliphatic heterocycles. The minimum Gasteiger partial charge on any atom is -0.326 e. The summed E-state index contributed by atoms with van der Waals surface area (Å²) in [6, 6.07) is 9.27. The van der Waals surface area contributed by atoms with E-state index in [2.05, 4.69) is 19.9 Å². The lowest BCUT2D eigenvalue weighted by atomic mass is 9.99. The first-order chi connectivity index (χ1) is 13.5. The average molecular weight is 421 g/mol. The van der Waals surface area contributed by atoms with Gasteiger partial charge in [0.15, 0.2) is 0 Å². The molecule has 7 nitrogen and oxygen atoms in total. The molecule has 1 aromatic carbocycles. The molecule has 1 aliphatic rings. The molecule has 0 aromatic heterocycles. The Hall–Kier alpha value is -1.95. The van der Waals surface area contributed by atoms with Crippen LogP contribution in [-0.4, -0.2) is 73.7 Å². The first-order valence-electron chi connectivity index (χ1n) is 10.0. The van der Waals surface area contributed by atoms with Gasteiger partial charge in [-0.2, -0.15) is 9.57 Å². The van der Waals surface area contributed by atoms with E-state index in [1.807, 2.05) is 17.0 Å². The van der Waals surface area contributed by atoms with E-state index in [0.717, 1.165) is 12.0 Å². The summed E-state index contributed by atoms with van der Waals surface area (Å²) in [7, 11) is -1.92. The third-order valence-electron chi connectivity index (χ3n) is 5.88. The van der Waals surface area contributed by atoms with E-state index in [9.17, 15) is 18.5 Å². The number of nitriles is 1. The van der Waals surface area contributed by atoms with E-state index in [1.54, 1.807) is 33.0 Å². The summed E-state index contributed by atoms with van der Waals surface area (Å²) in [4.78, 5) is 16.1. The summed E-state index contributed by atoms with van der Waals surface area (Å²) in [5.41, 5.74) is 0.267. The van der Waals surface area contributed by atoms with Crippen molar-refractivity contribution >= 4 is 15.9 Å². The maximum atomic E-state index is 12.9. The molecule has 0 N–H and O–H groups in total. The summed E-state index contributed by atoms with van der Waals surface area (Å²) in [5, 5.41) is 9.18. The van der Waals surface area contributed by atoms with Gasteiger partial charge in [0.1, 0.15) is 5.54 Å². The van der Waals surface area contributed by atoms with Gasteiger partial charge in [0, 0.05) is 33.2 Å². The predicted octanol–water partition coefficient (Wildman–Crippen LogP) is 2.27. The van der Waals surface area contributed by atoms with E-state index >= 15 is 0 Å². The Morgan fingerprint density at radius 3 is 2.24 bits per heavy atom. The van der Waals surface area contributed by atoms with Crippen molar-refractivity contribution in [3.05, 3.63) is 29.8 Å². The van der Waals surface area contributed by atoms with Gasteiger partial charge in [0.2, 0.25) is 15.9 Å². The van der Waals surface area contributed by atoms with E-state index in [-0.39, 0.29) is 12.5 Å². The van der Waals surface area contributed by atoms with Crippen LogP contribution in [0.2, 0.25) is 0 Å². The molecule has 2 rings (SSSR count). The SMILES string of the molecule is CC[C@H](C)c1ccc(S(=O)(=O)N2CCN(CC(=O)N(C)C(C)(C)C#N)CC2)cc1. The first kappa shape index (κ1) is 23.3. The molecule has 0 aliphatic carbocycles. The minimum absolute atomic E-state index is 0.145. The van der Waals surface area contributed by atoms with Crippen molar-refractivity contribution in [3.63, 3.8) is 0 Å². The third-order valence-corrected chi connectivity index (χ3v) is 7.79. The Balaban J connectivity index is 1.98. The lowest BCUT2D eigenvalue weighted by molar-refractivity contribution is -0.134. The van der Waals surface area contributed by atoms with Crippen LogP contribution in [0.25, 0.3) is 0 Å². The number of sulfonamides is 1. The summed E-state index contributed by atoms with van der Waals surface area (Å²) in [6.45, 7) is 9.45. The number of hydrogen-bond donors (Lipinski definition) is 0. The highest BCUT2D eigenvalue weighted by Gasteiger charge is 2.32. The van der Waals surface area contributed by atoms with E-state index in [1.165, 1.54) is 9.21 Å². The van der Waals surface area contributed by atoms with Gasteiger partial charge in [-0.05, 0) is 43.9 Å². The van der Waals surface area contributed by atoms with Crippen LogP contribution in [0.1, 0.15) is 45.6 Å². The monoisotopic (exact) mass is 420 g/mol. The number of benzene rings is 1. The zero-order valence-electron chi connectivity index (χ0n) is 18.1. The molecule has 160 valence electrons. The first-order valence-corrected chi connectivity index (χ1v) is 11.5. The second-order valence-electron chi connectivity index (χ2n) is 8.18. The van der Waals surface area contributed by atoms with Crippen LogP contribution in [0.4, 0.5) is 0 Å². The molecule has 1 amide bonds. The second-order valence-corrected chi connectivity index (χ2v) is 10.1. The van der Waals surface area contributed by atoms with E-state index in [4.69, 9.17) is 0 Å². The molecule has 29 heavy (non-hydrogen) atoms. The summed E-state index contributed by atoms with van der Waals surface area (Å²) in [5.74, 6) is 0.255. The van der Waals surface area contributed by atoms with Crippen LogP contribution >= 0.6 is 0 Å². The maximum absolute atomic E-state index is 12.9. The van der Waals surface area contributed by atoms with Crippen molar-refractivity contribution in [1.29, 1.82) is 5.26 Å². The van der Waals surface area contributed by atoms with Crippen LogP contribution in [0, 0.1) is 11.3 Å². The van der Waals surface area contributed by atoms with Crippen molar-refractivity contribution in [2.75, 3.05) is 39.8 Å². The van der Waals surface area contributed by atoms with Gasteiger partial charge in [-0.1, -0.05) is 26.0 Å². The van der Waals surface area contributed by atoms with Crippen LogP contribution in [0.15, 0.2) is 29.2 Å². The molecule has 1 aromatic rings. The van der Waals surface area contributed by atoms with Gasteiger partial charge in [-0.3, -0.25) is 9.69 Å². The smallest absolute Gasteiger partial charge is 0.243 e. The average Bonchev–Trinajstić information content (AvgIpc) is 2.72. The minimum atomic E-state index is -3.54. The zero-order valence-corrected chi connectivity index (χ0v) is 18.9. The Morgan fingerprint density at radius 2 is 1.76 bits per heavy atom. The van der Waals surface area contributed by atoms with Gasteiger partial charge >= 0.3 is 0 Å². The van der Waals surface area contributed by atoms with Gasteiger partial charge < -0.3 is 4.90 Å². The van der Waals surface area contributed by atoms with Crippen LogP contribution in [0.5, 0.6) is 0 Å². The number of amides is 1. The van der Waals surface area contributed by atoms with E-state index < -0.39 is 15.6 Å². The number of likely N-dealkylation sites (N-methyl/N-ethyl adjacent to an activating group) is 1. The Kier molecular flexibility index (Phi) is 7.44. The largest absolute Gasteiger partial charge is 0.326 e. The lowest BCUT2D eigenvalue weighted by Crippen LogP contribution is -2.53. The fourth-order valence-corrected chi connectivity index (χ4v) is 4.59. The Morgan fingerprint density at radius 1 is 1.21 bits per heavy atom. The molecule has 0 unspecified atom stereocenters. The van der Waals surface area contributed by atoms with Crippen molar-refractivity contribution < 1.29 is 13.2 Å². The molecule has 8 heteroatoms. The highest BCUT2D eigenvalue weighted by Crippen LogP contribution is 2.23. The molecule has 0 bridgehead atoms. The highest BCUT2D eigenvalue weighted by molar-refractivity contribution is 7.89. The number of piperazine rings is 1. The molecular weight excluding hydrogens is 388 g/mol. The summed E-state index contributed by atoms with van der Waals surface area (Å²) in [6.07, 6.45) is 1.01. The number of rotatable bonds is 7. The Bertz CT molecular complexity index is 851. The highest BCUT2D eigenvalue weighted by atomic mass is 32.2. The van der Waals surface area contributed by atoms with Crippen LogP contribution in [-0.2, 0) is 14.8 Å². The molecule has 1 heterocycles. The fourth-order valence-electron chi connectivity index (χ4n) is 3.17. The normalized spacial score (nSPS) is 17.5. The van der Waals surface area contributed by atoms with Gasteiger partial charge in [-0.25, -0.2) is 8.42 Å². The number of carbonyl (C=O) groups excluding carboxylic acids is 1. The third kappa shape index (κ3) is 5.35. The standard InChI is InChI=1S/C21H32N4O3S/c1-6-17(2)18-7-9-19(10-8-18)29(27,28)25-13-11-24(12-14-25)15-20(26)23(5)21(3,4)16-22/h7-10,17H,6,11-15H2,1-5H3/t17-/m0/s1. The predicted molar refractivity (Wildman–Crippen MR) is 113 cm³/mol. The fraction of sp³-hybridized carbons (Fsp3) is 0.619. The Labute approximate surface area is 174 Å². The summed E-state index contributed by atoms with van der Waals surface area (Å²) < 4.78 is 27.4. The molecule has 1 atom stereocenters. The van der Waals surface area contributed by atoms with Crippen LogP contribution in [0.3, 0.4) is 0 Å². The van der Waals surface area contributed by atoms with Crippen molar-refractivity contribution in [1.82, 2.24) is 14.1 Å². The molecular formula is C21H32N4O3S. The van der Waals surface area contributed by atoms with Crippen LogP contribution < -0.4 is 0 Å². The lowest BCUT2D eigenvalue weighted by Gasteiger charge is -2.36. The van der Waals surface area contributed by atoms with Gasteiger partial charge in [0.25, 0.3) is 0 Å². The van der Waals surface area contributed by atoms with Gasteiger partial charge in [0.05, 0.1) is 17.5 Å². The van der Waals surface area contributed by atoms with Gasteiger partial charge in [-0.15, -0.1) is 0 Å². The molecule has 0 radical (unpaired) electrons. The number of hydrogen-bond acceptors (Lipinski definition) is 5. The summed E-state index contributed by atoms with van der Waals surface area (Å²) >= 11 is 0. The number of nitrogens with zero attached hydrogens (tertiary/aromatic N) is 4. The zero-order chi connectivity index (χ0) is 21.8. The topological polar surface area (TPSA) is 84.7 Å². The quantitative estimate of drug-likeness (QED) is 0.676. The second kappa shape index (κ2) is 9.24. The molecule has 0 spiro atoms. The van der Waals surface area contributed by atoms with E-state index in [0.29, 0.717) is 37.0 Å². The molecule has 1 saturated heterocycles. The molecule has 1 fully saturated rings. The molecule has 0 saturated carbocycles. The van der Waals surface area contributed by atoms with Crippen molar-refractivity contribution in [3.8, 4) is 6.07 Å². The number of carbonyl (C=O) groups is 1. The van der Waals surface area contributed by atoms with Crippen molar-refractivity contribution in [2.24, 2.45) is 0 Å². The maximum Gasteiger partial charge on any atom is 0.243 e.